The molecule has 0 N–H and O–H groups in total. The first-order valence-electron chi connectivity index (χ1n) is 14.8. The van der Waals surface area contributed by atoms with Gasteiger partial charge in [-0.2, -0.15) is 0 Å². The third-order valence-electron chi connectivity index (χ3n) is 7.93. The highest BCUT2D eigenvalue weighted by molar-refractivity contribution is 5.86. The van der Waals surface area contributed by atoms with Gasteiger partial charge in [-0.1, -0.05) is 86.6 Å². The van der Waals surface area contributed by atoms with E-state index in [0.29, 0.717) is 24.3 Å². The SMILES string of the molecule is CCC(=O)OC(C)Oc1ccc(C2(c3ccc(OC(C)OC(=O)CC)c(C)c3)c3ccccc3-c3ccccc32)cc1C. The van der Waals surface area contributed by atoms with Crippen LogP contribution in [0.2, 0.25) is 0 Å². The van der Waals surface area contributed by atoms with Crippen LogP contribution in [0, 0.1) is 13.8 Å². The van der Waals surface area contributed by atoms with E-state index in [2.05, 4.69) is 72.8 Å². The molecule has 1 aliphatic rings. The van der Waals surface area contributed by atoms with Crippen molar-refractivity contribution in [1.29, 1.82) is 0 Å². The molecule has 0 heterocycles. The second-order valence-corrected chi connectivity index (χ2v) is 10.9. The third-order valence-corrected chi connectivity index (χ3v) is 7.93. The van der Waals surface area contributed by atoms with Crippen molar-refractivity contribution in [3.8, 4) is 22.6 Å². The van der Waals surface area contributed by atoms with Crippen LogP contribution in [0.15, 0.2) is 84.9 Å². The fourth-order valence-electron chi connectivity index (χ4n) is 6.00. The van der Waals surface area contributed by atoms with Crippen molar-refractivity contribution in [3.63, 3.8) is 0 Å². The molecule has 0 saturated heterocycles. The van der Waals surface area contributed by atoms with Crippen molar-refractivity contribution < 1.29 is 28.5 Å². The Morgan fingerprint density at radius 3 is 1.40 bits per heavy atom. The molecule has 0 saturated carbocycles. The van der Waals surface area contributed by atoms with E-state index >= 15 is 0 Å². The molecule has 0 amide bonds. The monoisotopic (exact) mass is 578 g/mol. The fourth-order valence-corrected chi connectivity index (χ4v) is 6.00. The Morgan fingerprint density at radius 1 is 0.628 bits per heavy atom. The average Bonchev–Trinajstić information content (AvgIpc) is 3.30. The molecular weight excluding hydrogens is 540 g/mol. The van der Waals surface area contributed by atoms with Gasteiger partial charge < -0.3 is 18.9 Å². The van der Waals surface area contributed by atoms with Gasteiger partial charge in [-0.05, 0) is 70.5 Å². The predicted molar refractivity (Wildman–Crippen MR) is 166 cm³/mol. The summed E-state index contributed by atoms with van der Waals surface area (Å²) in [6.45, 7) is 11.0. The Balaban J connectivity index is 1.63. The molecule has 0 spiro atoms. The first-order valence-corrected chi connectivity index (χ1v) is 14.8. The number of aryl methyl sites for hydroxylation is 2. The van der Waals surface area contributed by atoms with Crippen LogP contribution >= 0.6 is 0 Å². The second kappa shape index (κ2) is 12.3. The molecule has 0 aliphatic heterocycles. The van der Waals surface area contributed by atoms with Crippen LogP contribution in [0.4, 0.5) is 0 Å². The summed E-state index contributed by atoms with van der Waals surface area (Å²) < 4.78 is 22.7. The van der Waals surface area contributed by atoms with Gasteiger partial charge in [-0.3, -0.25) is 9.59 Å². The zero-order chi connectivity index (χ0) is 30.7. The average molecular weight is 579 g/mol. The molecule has 0 radical (unpaired) electrons. The van der Waals surface area contributed by atoms with Crippen molar-refractivity contribution in [1.82, 2.24) is 0 Å². The molecule has 6 nitrogen and oxygen atoms in total. The van der Waals surface area contributed by atoms with Crippen LogP contribution in [0.3, 0.4) is 0 Å². The molecule has 43 heavy (non-hydrogen) atoms. The van der Waals surface area contributed by atoms with Gasteiger partial charge >= 0.3 is 11.9 Å². The summed E-state index contributed by atoms with van der Waals surface area (Å²) in [5.41, 5.74) is 8.19. The third kappa shape index (κ3) is 5.62. The first kappa shape index (κ1) is 29.9. The van der Waals surface area contributed by atoms with Crippen LogP contribution in [-0.2, 0) is 24.5 Å². The molecule has 4 aromatic rings. The van der Waals surface area contributed by atoms with E-state index in [9.17, 15) is 9.59 Å². The van der Waals surface area contributed by atoms with Gasteiger partial charge in [0.1, 0.15) is 11.5 Å². The number of ether oxygens (including phenoxy) is 4. The second-order valence-electron chi connectivity index (χ2n) is 10.9. The number of carbonyl (C=O) groups excluding carboxylic acids is 2. The van der Waals surface area contributed by atoms with Crippen LogP contribution in [0.1, 0.15) is 73.9 Å². The minimum absolute atomic E-state index is 0.291. The van der Waals surface area contributed by atoms with Gasteiger partial charge in [-0.25, -0.2) is 0 Å². The highest BCUT2D eigenvalue weighted by Gasteiger charge is 2.46. The highest BCUT2D eigenvalue weighted by atomic mass is 16.7. The molecular formula is C37H38O6. The van der Waals surface area contributed by atoms with Gasteiger partial charge in [0.05, 0.1) is 5.41 Å². The number of rotatable bonds is 10. The van der Waals surface area contributed by atoms with Crippen molar-refractivity contribution in [3.05, 3.63) is 118 Å². The predicted octanol–water partition coefficient (Wildman–Crippen LogP) is 8.02. The van der Waals surface area contributed by atoms with Crippen LogP contribution in [0.25, 0.3) is 11.1 Å². The number of hydrogen-bond acceptors (Lipinski definition) is 6. The number of esters is 2. The zero-order valence-corrected chi connectivity index (χ0v) is 25.6. The van der Waals surface area contributed by atoms with E-state index in [-0.39, 0.29) is 11.9 Å². The first-order chi connectivity index (χ1) is 20.7. The standard InChI is InChI=1S/C37H38O6/c1-7-35(38)42-25(5)40-33-19-17-27(21-23(33)3)37(31-15-11-9-13-29(31)30-14-10-12-16-32(30)37)28-18-20-34(24(4)22-28)41-26(6)43-36(39)8-2/h9-22,25-26H,7-8H2,1-6H3. The van der Waals surface area contributed by atoms with Gasteiger partial charge in [0.15, 0.2) is 0 Å². The lowest BCUT2D eigenvalue weighted by molar-refractivity contribution is -0.162. The van der Waals surface area contributed by atoms with E-state index in [1.54, 1.807) is 27.7 Å². The zero-order valence-electron chi connectivity index (χ0n) is 25.6. The van der Waals surface area contributed by atoms with Gasteiger partial charge in [-0.15, -0.1) is 0 Å². The number of fused-ring (bicyclic) bond motifs is 3. The van der Waals surface area contributed by atoms with Gasteiger partial charge in [0, 0.05) is 26.7 Å². The normalized spacial score (nSPS) is 14.2. The topological polar surface area (TPSA) is 71.1 Å². The quantitative estimate of drug-likeness (QED) is 0.123. The lowest BCUT2D eigenvalue weighted by atomic mass is 9.67. The number of benzene rings is 4. The summed E-state index contributed by atoms with van der Waals surface area (Å²) in [5, 5.41) is 0. The molecule has 5 rings (SSSR count). The molecule has 0 aromatic heterocycles. The smallest absolute Gasteiger partial charge is 0.308 e. The van der Waals surface area contributed by atoms with Crippen LogP contribution in [-0.4, -0.2) is 24.5 Å². The van der Waals surface area contributed by atoms with Gasteiger partial charge in [0.25, 0.3) is 0 Å². The largest absolute Gasteiger partial charge is 0.455 e. The van der Waals surface area contributed by atoms with Crippen molar-refractivity contribution in [2.75, 3.05) is 0 Å². The fraction of sp³-hybridized carbons (Fsp3) is 0.297. The van der Waals surface area contributed by atoms with Crippen molar-refractivity contribution in [2.45, 2.75) is 72.4 Å². The molecule has 6 heteroatoms. The van der Waals surface area contributed by atoms with Crippen molar-refractivity contribution >= 4 is 11.9 Å². The van der Waals surface area contributed by atoms with E-state index in [1.807, 2.05) is 26.0 Å². The Labute approximate surface area is 253 Å². The molecule has 0 fully saturated rings. The van der Waals surface area contributed by atoms with Gasteiger partial charge in [0.2, 0.25) is 12.6 Å². The summed E-state index contributed by atoms with van der Waals surface area (Å²) in [6, 6.07) is 29.5. The summed E-state index contributed by atoms with van der Waals surface area (Å²) in [6.07, 6.45) is -0.820. The Hall–Kier alpha value is -4.58. The Morgan fingerprint density at radius 2 is 1.02 bits per heavy atom. The number of carbonyl (C=O) groups is 2. The van der Waals surface area contributed by atoms with Crippen LogP contribution < -0.4 is 9.47 Å². The maximum absolute atomic E-state index is 11.8. The van der Waals surface area contributed by atoms with E-state index < -0.39 is 18.0 Å². The van der Waals surface area contributed by atoms with E-state index in [0.717, 1.165) is 22.3 Å². The minimum Gasteiger partial charge on any atom is -0.455 e. The minimum atomic E-state index is -0.701. The molecule has 222 valence electrons. The highest BCUT2D eigenvalue weighted by Crippen LogP contribution is 2.56. The summed E-state index contributed by atoms with van der Waals surface area (Å²) in [5.74, 6) is 0.706. The molecule has 2 unspecified atom stereocenters. The Bertz CT molecular complexity index is 1530. The molecule has 2 atom stereocenters. The summed E-state index contributed by atoms with van der Waals surface area (Å²) in [4.78, 5) is 23.6. The van der Waals surface area contributed by atoms with Crippen LogP contribution in [0.5, 0.6) is 11.5 Å². The van der Waals surface area contributed by atoms with Crippen molar-refractivity contribution in [2.24, 2.45) is 0 Å². The number of hydrogen-bond donors (Lipinski definition) is 0. The van der Waals surface area contributed by atoms with E-state index in [4.69, 9.17) is 18.9 Å². The summed E-state index contributed by atoms with van der Waals surface area (Å²) in [7, 11) is 0. The Kier molecular flexibility index (Phi) is 8.58. The maximum atomic E-state index is 11.8. The summed E-state index contributed by atoms with van der Waals surface area (Å²) >= 11 is 0. The molecule has 1 aliphatic carbocycles. The molecule has 0 bridgehead atoms. The maximum Gasteiger partial charge on any atom is 0.308 e. The lowest BCUT2D eigenvalue weighted by Gasteiger charge is -2.35. The lowest BCUT2D eigenvalue weighted by Crippen LogP contribution is -2.29. The van der Waals surface area contributed by atoms with E-state index in [1.165, 1.54) is 22.3 Å². The molecule has 4 aromatic carbocycles.